The van der Waals surface area contributed by atoms with Gasteiger partial charge in [0.15, 0.2) is 11.5 Å². The molecule has 0 aliphatic rings. The van der Waals surface area contributed by atoms with Gasteiger partial charge in [-0.15, -0.1) is 0 Å². The fourth-order valence-corrected chi connectivity index (χ4v) is 2.13. The number of hydrogen-bond acceptors (Lipinski definition) is 3. The molecule has 0 amide bonds. The van der Waals surface area contributed by atoms with Crippen molar-refractivity contribution >= 4 is 6.21 Å². The van der Waals surface area contributed by atoms with Gasteiger partial charge in [-0.05, 0) is 16.4 Å². The van der Waals surface area contributed by atoms with Crippen LogP contribution in [0.5, 0.6) is 11.5 Å². The lowest BCUT2D eigenvalue weighted by atomic mass is 9.77. The third-order valence-electron chi connectivity index (χ3n) is 3.19. The highest BCUT2D eigenvalue weighted by atomic mass is 16.3. The molecule has 1 rings (SSSR count). The lowest BCUT2D eigenvalue weighted by Crippen LogP contribution is -2.19. The first-order chi connectivity index (χ1) is 8.50. The maximum Gasteiger partial charge on any atom is 0.166 e. The van der Waals surface area contributed by atoms with Crippen LogP contribution in [0.4, 0.5) is 0 Å². The van der Waals surface area contributed by atoms with Crippen LogP contribution in [0.25, 0.3) is 0 Å². The highest BCUT2D eigenvalue weighted by Crippen LogP contribution is 2.43. The van der Waals surface area contributed by atoms with E-state index in [1.54, 1.807) is 13.3 Å². The summed E-state index contributed by atoms with van der Waals surface area (Å²) in [5.74, 6) is -0.127. The van der Waals surface area contributed by atoms with Crippen LogP contribution in [-0.2, 0) is 10.8 Å². The minimum absolute atomic E-state index is 0.0459. The zero-order valence-corrected chi connectivity index (χ0v) is 13.0. The maximum atomic E-state index is 10.3. The van der Waals surface area contributed by atoms with E-state index >= 15 is 0 Å². The Morgan fingerprint density at radius 2 is 1.37 bits per heavy atom. The monoisotopic (exact) mass is 263 g/mol. The second kappa shape index (κ2) is 4.87. The van der Waals surface area contributed by atoms with Crippen molar-refractivity contribution in [1.29, 1.82) is 0 Å². The van der Waals surface area contributed by atoms with Crippen LogP contribution in [0, 0.1) is 0 Å². The van der Waals surface area contributed by atoms with E-state index in [-0.39, 0.29) is 22.3 Å². The molecule has 0 unspecified atom stereocenters. The van der Waals surface area contributed by atoms with Gasteiger partial charge in [-0.25, -0.2) is 0 Å². The molecule has 0 radical (unpaired) electrons. The second-order valence-corrected chi connectivity index (χ2v) is 6.97. The van der Waals surface area contributed by atoms with Gasteiger partial charge in [0.2, 0.25) is 0 Å². The molecule has 0 aromatic heterocycles. The Morgan fingerprint density at radius 1 is 0.895 bits per heavy atom. The second-order valence-electron chi connectivity index (χ2n) is 6.97. The fourth-order valence-electron chi connectivity index (χ4n) is 2.13. The molecule has 0 bridgehead atoms. The van der Waals surface area contributed by atoms with Crippen molar-refractivity contribution in [2.45, 2.75) is 52.4 Å². The molecule has 0 saturated heterocycles. The van der Waals surface area contributed by atoms with E-state index in [4.69, 9.17) is 0 Å². The van der Waals surface area contributed by atoms with Crippen molar-refractivity contribution in [2.75, 3.05) is 7.05 Å². The van der Waals surface area contributed by atoms with Gasteiger partial charge in [-0.1, -0.05) is 47.6 Å². The normalized spacial score (nSPS) is 13.2. The summed E-state index contributed by atoms with van der Waals surface area (Å²) in [5.41, 5.74) is 1.97. The molecule has 19 heavy (non-hydrogen) atoms. The number of nitrogens with zero attached hydrogens (tertiary/aromatic N) is 1. The summed E-state index contributed by atoms with van der Waals surface area (Å²) in [6.45, 7) is 12.3. The minimum Gasteiger partial charge on any atom is -0.504 e. The molecule has 2 N–H and O–H groups in total. The summed E-state index contributed by atoms with van der Waals surface area (Å²) in [4.78, 5) is 3.98. The molecule has 106 valence electrons. The highest BCUT2D eigenvalue weighted by Gasteiger charge is 2.28. The molecule has 0 aliphatic heterocycles. The Bertz CT molecular complexity index is 503. The average Bonchev–Trinajstić information content (AvgIpc) is 2.21. The smallest absolute Gasteiger partial charge is 0.166 e. The summed E-state index contributed by atoms with van der Waals surface area (Å²) in [5, 5.41) is 20.5. The van der Waals surface area contributed by atoms with Crippen LogP contribution in [0.15, 0.2) is 11.1 Å². The molecule has 1 aromatic rings. The molecule has 0 aliphatic carbocycles. The molecule has 0 atom stereocenters. The predicted octanol–water partition coefficient (Wildman–Crippen LogP) is 3.74. The topological polar surface area (TPSA) is 52.8 Å². The predicted molar refractivity (Wildman–Crippen MR) is 80.7 cm³/mol. The van der Waals surface area contributed by atoms with Gasteiger partial charge < -0.3 is 10.2 Å². The van der Waals surface area contributed by atoms with Crippen molar-refractivity contribution in [3.05, 3.63) is 22.8 Å². The van der Waals surface area contributed by atoms with E-state index in [1.165, 1.54) is 0 Å². The van der Waals surface area contributed by atoms with Gasteiger partial charge in [0.1, 0.15) is 0 Å². The number of aromatic hydroxyl groups is 2. The Morgan fingerprint density at radius 3 is 1.74 bits per heavy atom. The molecule has 0 heterocycles. The van der Waals surface area contributed by atoms with Gasteiger partial charge in [0, 0.05) is 24.4 Å². The first-order valence-corrected chi connectivity index (χ1v) is 6.52. The van der Waals surface area contributed by atoms with Crippen LogP contribution < -0.4 is 0 Å². The largest absolute Gasteiger partial charge is 0.504 e. The standard InChI is InChI=1S/C16H25NO2/c1-15(2,3)11-8-12(16(4,5)6)14(19)13(18)10(11)9-17-7/h8-9,18-19H,1-7H3. The highest BCUT2D eigenvalue weighted by molar-refractivity contribution is 5.88. The maximum absolute atomic E-state index is 10.3. The molecule has 0 spiro atoms. The molecule has 0 saturated carbocycles. The van der Waals surface area contributed by atoms with Crippen molar-refractivity contribution in [3.63, 3.8) is 0 Å². The van der Waals surface area contributed by atoms with E-state index in [9.17, 15) is 10.2 Å². The van der Waals surface area contributed by atoms with Crippen molar-refractivity contribution in [3.8, 4) is 11.5 Å². The summed E-state index contributed by atoms with van der Waals surface area (Å²) in [7, 11) is 1.65. The minimum atomic E-state index is -0.233. The number of aliphatic imine (C=N–C) groups is 1. The van der Waals surface area contributed by atoms with Gasteiger partial charge in [0.25, 0.3) is 0 Å². The van der Waals surface area contributed by atoms with Crippen LogP contribution >= 0.6 is 0 Å². The third-order valence-corrected chi connectivity index (χ3v) is 3.19. The summed E-state index contributed by atoms with van der Waals surface area (Å²) < 4.78 is 0. The molecule has 1 aromatic carbocycles. The van der Waals surface area contributed by atoms with Gasteiger partial charge >= 0.3 is 0 Å². The van der Waals surface area contributed by atoms with Crippen LogP contribution in [0.1, 0.15) is 58.2 Å². The average molecular weight is 263 g/mol. The molecule has 3 heteroatoms. The molecular weight excluding hydrogens is 238 g/mol. The van der Waals surface area contributed by atoms with E-state index in [0.717, 1.165) is 11.1 Å². The molecular formula is C16H25NO2. The van der Waals surface area contributed by atoms with Gasteiger partial charge in [-0.3, -0.25) is 4.99 Å². The van der Waals surface area contributed by atoms with Crippen molar-refractivity contribution in [2.24, 2.45) is 4.99 Å². The first kappa shape index (κ1) is 15.5. The Hall–Kier alpha value is -1.51. The van der Waals surface area contributed by atoms with Crippen molar-refractivity contribution in [1.82, 2.24) is 0 Å². The number of benzene rings is 1. The quantitative estimate of drug-likeness (QED) is 0.599. The van der Waals surface area contributed by atoms with Gasteiger partial charge in [0.05, 0.1) is 0 Å². The summed E-state index contributed by atoms with van der Waals surface area (Å²) in [6, 6.07) is 1.98. The van der Waals surface area contributed by atoms with E-state index in [1.807, 2.05) is 26.8 Å². The summed E-state index contributed by atoms with van der Waals surface area (Å²) in [6.07, 6.45) is 1.60. The fraction of sp³-hybridized carbons (Fsp3) is 0.562. The Labute approximate surface area is 116 Å². The zero-order chi connectivity index (χ0) is 15.0. The Kier molecular flexibility index (Phi) is 3.99. The van der Waals surface area contributed by atoms with Gasteiger partial charge in [-0.2, -0.15) is 0 Å². The van der Waals surface area contributed by atoms with E-state index < -0.39 is 0 Å². The van der Waals surface area contributed by atoms with E-state index in [2.05, 4.69) is 25.8 Å². The Balaban J connectivity index is 3.75. The van der Waals surface area contributed by atoms with Crippen LogP contribution in [-0.4, -0.2) is 23.5 Å². The third kappa shape index (κ3) is 3.09. The lowest BCUT2D eigenvalue weighted by molar-refractivity contribution is 0.386. The van der Waals surface area contributed by atoms with Crippen LogP contribution in [0.3, 0.4) is 0 Å². The number of phenolic OH excluding ortho intramolecular Hbond substituents is 2. The number of hydrogen-bond donors (Lipinski definition) is 2. The van der Waals surface area contributed by atoms with Crippen molar-refractivity contribution < 1.29 is 10.2 Å². The molecule has 3 nitrogen and oxygen atoms in total. The zero-order valence-electron chi connectivity index (χ0n) is 13.0. The SMILES string of the molecule is CN=Cc1c(C(C)(C)C)cc(C(C)(C)C)c(O)c1O. The van der Waals surface area contributed by atoms with Crippen LogP contribution in [0.2, 0.25) is 0 Å². The molecule has 0 fully saturated rings. The van der Waals surface area contributed by atoms with E-state index in [0.29, 0.717) is 5.56 Å². The number of rotatable bonds is 1. The first-order valence-electron chi connectivity index (χ1n) is 6.52. The number of phenols is 2. The lowest BCUT2D eigenvalue weighted by Gasteiger charge is -2.28. The summed E-state index contributed by atoms with van der Waals surface area (Å²) >= 11 is 0.